The Balaban J connectivity index is 3.01. The fourth-order valence-corrected chi connectivity index (χ4v) is 2.41. The zero-order chi connectivity index (χ0) is 12.3. The van der Waals surface area contributed by atoms with Crippen molar-refractivity contribution in [1.82, 2.24) is 0 Å². The first-order chi connectivity index (χ1) is 7.51. The molecule has 0 aromatic rings. The van der Waals surface area contributed by atoms with E-state index < -0.39 is 23.8 Å². The standard InChI is InChI=1S/C12H18O4/c1-3-7-5-9(11(13)14)10(12(15)16)6-8(7)4-2/h9-10H,3-6H2,1-2H3,(H,13,14)(H,15,16). The molecule has 1 aliphatic carbocycles. The lowest BCUT2D eigenvalue weighted by Crippen LogP contribution is -2.33. The van der Waals surface area contributed by atoms with Crippen LogP contribution in [0.4, 0.5) is 0 Å². The maximum Gasteiger partial charge on any atom is 0.307 e. The Morgan fingerprint density at radius 3 is 1.50 bits per heavy atom. The second-order valence-corrected chi connectivity index (χ2v) is 4.21. The van der Waals surface area contributed by atoms with Crippen molar-refractivity contribution in [2.24, 2.45) is 11.8 Å². The number of carbonyl (C=O) groups is 2. The molecule has 0 radical (unpaired) electrons. The molecule has 1 aliphatic rings. The molecule has 0 saturated heterocycles. The quantitative estimate of drug-likeness (QED) is 0.721. The van der Waals surface area contributed by atoms with Gasteiger partial charge in [-0.1, -0.05) is 25.0 Å². The van der Waals surface area contributed by atoms with E-state index in [1.54, 1.807) is 0 Å². The molecule has 2 atom stereocenters. The van der Waals surface area contributed by atoms with Gasteiger partial charge >= 0.3 is 11.9 Å². The van der Waals surface area contributed by atoms with E-state index in [4.69, 9.17) is 10.2 Å². The van der Waals surface area contributed by atoms with E-state index in [0.717, 1.165) is 24.0 Å². The van der Waals surface area contributed by atoms with E-state index in [-0.39, 0.29) is 0 Å². The number of carboxylic acid groups (broad SMARTS) is 2. The average Bonchev–Trinajstić information content (AvgIpc) is 2.26. The van der Waals surface area contributed by atoms with Gasteiger partial charge in [0.2, 0.25) is 0 Å². The highest BCUT2D eigenvalue weighted by molar-refractivity contribution is 5.81. The van der Waals surface area contributed by atoms with Crippen LogP contribution >= 0.6 is 0 Å². The molecule has 0 fully saturated rings. The number of allylic oxidation sites excluding steroid dienone is 2. The van der Waals surface area contributed by atoms with E-state index in [1.807, 2.05) is 13.8 Å². The summed E-state index contributed by atoms with van der Waals surface area (Å²) in [5.74, 6) is -3.51. The topological polar surface area (TPSA) is 74.6 Å². The molecule has 0 saturated carbocycles. The molecule has 4 nitrogen and oxygen atoms in total. The Labute approximate surface area is 95.0 Å². The molecule has 16 heavy (non-hydrogen) atoms. The monoisotopic (exact) mass is 226 g/mol. The number of hydrogen-bond acceptors (Lipinski definition) is 2. The molecule has 0 bridgehead atoms. The normalized spacial score (nSPS) is 25.6. The molecule has 1 rings (SSSR count). The van der Waals surface area contributed by atoms with Crippen molar-refractivity contribution in [1.29, 1.82) is 0 Å². The van der Waals surface area contributed by atoms with Gasteiger partial charge in [0.25, 0.3) is 0 Å². The number of carboxylic acids is 2. The molecule has 4 heteroatoms. The van der Waals surface area contributed by atoms with Crippen LogP contribution in [0.15, 0.2) is 11.1 Å². The first-order valence-corrected chi connectivity index (χ1v) is 5.66. The minimum atomic E-state index is -0.992. The molecular weight excluding hydrogens is 208 g/mol. The predicted octanol–water partition coefficient (Wildman–Crippen LogP) is 2.30. The van der Waals surface area contributed by atoms with Gasteiger partial charge in [0, 0.05) is 0 Å². The van der Waals surface area contributed by atoms with Crippen molar-refractivity contribution < 1.29 is 19.8 Å². The van der Waals surface area contributed by atoms with Crippen molar-refractivity contribution >= 4 is 11.9 Å². The summed E-state index contributed by atoms with van der Waals surface area (Å²) in [5, 5.41) is 18.1. The van der Waals surface area contributed by atoms with Crippen LogP contribution in [-0.4, -0.2) is 22.2 Å². The van der Waals surface area contributed by atoms with Gasteiger partial charge in [-0.3, -0.25) is 9.59 Å². The van der Waals surface area contributed by atoms with Gasteiger partial charge in [0.05, 0.1) is 11.8 Å². The van der Waals surface area contributed by atoms with Crippen molar-refractivity contribution in [2.75, 3.05) is 0 Å². The summed E-state index contributed by atoms with van der Waals surface area (Å²) in [5.41, 5.74) is 2.26. The Bertz CT molecular complexity index is 298. The Hall–Kier alpha value is -1.32. The SMILES string of the molecule is CCC1=C(CC)CC(C(=O)O)C(C(=O)O)C1. The lowest BCUT2D eigenvalue weighted by atomic mass is 9.74. The molecule has 2 N–H and O–H groups in total. The highest BCUT2D eigenvalue weighted by Crippen LogP contribution is 2.37. The van der Waals surface area contributed by atoms with E-state index in [9.17, 15) is 9.59 Å². The van der Waals surface area contributed by atoms with Gasteiger partial charge in [-0.2, -0.15) is 0 Å². The third-order valence-electron chi connectivity index (χ3n) is 3.41. The Morgan fingerprint density at radius 1 is 1.00 bits per heavy atom. The first kappa shape index (κ1) is 12.7. The third kappa shape index (κ3) is 2.43. The highest BCUT2D eigenvalue weighted by Gasteiger charge is 2.38. The lowest BCUT2D eigenvalue weighted by Gasteiger charge is -2.29. The van der Waals surface area contributed by atoms with Crippen LogP contribution in [0.2, 0.25) is 0 Å². The molecule has 0 amide bonds. The molecular formula is C12H18O4. The van der Waals surface area contributed by atoms with Crippen LogP contribution in [0.1, 0.15) is 39.5 Å². The van der Waals surface area contributed by atoms with E-state index >= 15 is 0 Å². The van der Waals surface area contributed by atoms with Crippen LogP contribution in [0, 0.1) is 11.8 Å². The van der Waals surface area contributed by atoms with Crippen molar-refractivity contribution in [3.05, 3.63) is 11.1 Å². The van der Waals surface area contributed by atoms with Crippen molar-refractivity contribution in [3.8, 4) is 0 Å². The third-order valence-corrected chi connectivity index (χ3v) is 3.41. The molecule has 90 valence electrons. The largest absolute Gasteiger partial charge is 0.481 e. The van der Waals surface area contributed by atoms with E-state index in [2.05, 4.69) is 0 Å². The summed E-state index contributed by atoms with van der Waals surface area (Å²) in [6.45, 7) is 3.98. The number of rotatable bonds is 4. The zero-order valence-corrected chi connectivity index (χ0v) is 9.69. The average molecular weight is 226 g/mol. The molecule has 0 aromatic carbocycles. The molecule has 0 spiro atoms. The fourth-order valence-electron chi connectivity index (χ4n) is 2.41. The second kappa shape index (κ2) is 5.14. The Kier molecular flexibility index (Phi) is 4.10. The van der Waals surface area contributed by atoms with Gasteiger partial charge in [-0.05, 0) is 25.7 Å². The van der Waals surface area contributed by atoms with Crippen LogP contribution in [-0.2, 0) is 9.59 Å². The summed E-state index contributed by atoms with van der Waals surface area (Å²) < 4.78 is 0. The number of aliphatic carboxylic acids is 2. The van der Waals surface area contributed by atoms with Crippen molar-refractivity contribution in [2.45, 2.75) is 39.5 Å². The number of hydrogen-bond donors (Lipinski definition) is 2. The Morgan fingerprint density at radius 2 is 1.31 bits per heavy atom. The molecule has 2 unspecified atom stereocenters. The first-order valence-electron chi connectivity index (χ1n) is 5.66. The predicted molar refractivity (Wildman–Crippen MR) is 59.1 cm³/mol. The van der Waals surface area contributed by atoms with Crippen LogP contribution in [0.5, 0.6) is 0 Å². The second-order valence-electron chi connectivity index (χ2n) is 4.21. The molecule has 0 aliphatic heterocycles. The summed E-state index contributed by atoms with van der Waals surface area (Å²) in [4.78, 5) is 22.1. The summed E-state index contributed by atoms with van der Waals surface area (Å²) >= 11 is 0. The van der Waals surface area contributed by atoms with Gasteiger partial charge in [-0.25, -0.2) is 0 Å². The van der Waals surface area contributed by atoms with Gasteiger partial charge < -0.3 is 10.2 Å². The smallest absolute Gasteiger partial charge is 0.307 e. The van der Waals surface area contributed by atoms with Gasteiger partial charge in [0.1, 0.15) is 0 Å². The summed E-state index contributed by atoms with van der Waals surface area (Å²) in [7, 11) is 0. The van der Waals surface area contributed by atoms with E-state index in [0.29, 0.717) is 12.8 Å². The van der Waals surface area contributed by atoms with Crippen LogP contribution < -0.4 is 0 Å². The van der Waals surface area contributed by atoms with Crippen molar-refractivity contribution in [3.63, 3.8) is 0 Å². The molecule has 0 heterocycles. The minimum absolute atomic E-state index is 0.395. The van der Waals surface area contributed by atoms with Gasteiger partial charge in [-0.15, -0.1) is 0 Å². The van der Waals surface area contributed by atoms with E-state index in [1.165, 1.54) is 0 Å². The summed E-state index contributed by atoms with van der Waals surface area (Å²) in [6.07, 6.45) is 2.43. The molecule has 0 aromatic heterocycles. The summed E-state index contributed by atoms with van der Waals surface area (Å²) in [6, 6.07) is 0. The highest BCUT2D eigenvalue weighted by atomic mass is 16.4. The van der Waals surface area contributed by atoms with Crippen LogP contribution in [0.25, 0.3) is 0 Å². The lowest BCUT2D eigenvalue weighted by molar-refractivity contribution is -0.154. The minimum Gasteiger partial charge on any atom is -0.481 e. The zero-order valence-electron chi connectivity index (χ0n) is 9.69. The maximum atomic E-state index is 11.0. The fraction of sp³-hybridized carbons (Fsp3) is 0.667. The van der Waals surface area contributed by atoms with Crippen LogP contribution in [0.3, 0.4) is 0 Å². The van der Waals surface area contributed by atoms with Gasteiger partial charge in [0.15, 0.2) is 0 Å². The maximum absolute atomic E-state index is 11.0.